The SMILES string of the molecule is CN1C=NC2=C(CCCCC2)C1. The molecule has 0 amide bonds. The lowest BCUT2D eigenvalue weighted by atomic mass is 10.1. The number of nitrogens with zero attached hydrogens (tertiary/aromatic N) is 2. The fraction of sp³-hybridized carbons (Fsp3) is 0.700. The first kappa shape index (κ1) is 7.84. The Morgan fingerprint density at radius 3 is 3.00 bits per heavy atom. The largest absolute Gasteiger partial charge is 0.362 e. The molecule has 0 aromatic heterocycles. The lowest BCUT2D eigenvalue weighted by Crippen LogP contribution is -2.23. The first-order valence-corrected chi connectivity index (χ1v) is 4.81. The van der Waals surface area contributed by atoms with E-state index in [9.17, 15) is 0 Å². The summed E-state index contributed by atoms with van der Waals surface area (Å²) in [5.41, 5.74) is 2.96. The van der Waals surface area contributed by atoms with Gasteiger partial charge in [0.15, 0.2) is 0 Å². The monoisotopic (exact) mass is 164 g/mol. The highest BCUT2D eigenvalue weighted by molar-refractivity contribution is 5.59. The molecule has 2 aliphatic rings. The highest BCUT2D eigenvalue weighted by Crippen LogP contribution is 2.26. The zero-order valence-electron chi connectivity index (χ0n) is 7.71. The van der Waals surface area contributed by atoms with Crippen molar-refractivity contribution in [1.29, 1.82) is 0 Å². The third kappa shape index (κ3) is 1.52. The van der Waals surface area contributed by atoms with Gasteiger partial charge < -0.3 is 4.90 Å². The molecule has 0 radical (unpaired) electrons. The Morgan fingerprint density at radius 1 is 1.25 bits per heavy atom. The minimum Gasteiger partial charge on any atom is -0.362 e. The van der Waals surface area contributed by atoms with E-state index in [0.29, 0.717) is 0 Å². The van der Waals surface area contributed by atoms with Gasteiger partial charge in [0.25, 0.3) is 0 Å². The molecule has 0 aromatic carbocycles. The zero-order valence-corrected chi connectivity index (χ0v) is 7.71. The van der Waals surface area contributed by atoms with Crippen molar-refractivity contribution in [1.82, 2.24) is 4.90 Å². The second-order valence-corrected chi connectivity index (χ2v) is 3.77. The Balaban J connectivity index is 2.16. The molecule has 0 atom stereocenters. The average molecular weight is 164 g/mol. The Bertz CT molecular complexity index is 228. The van der Waals surface area contributed by atoms with Gasteiger partial charge in [0.2, 0.25) is 0 Å². The summed E-state index contributed by atoms with van der Waals surface area (Å²) in [4.78, 5) is 6.64. The highest BCUT2D eigenvalue weighted by Gasteiger charge is 2.14. The van der Waals surface area contributed by atoms with E-state index in [-0.39, 0.29) is 0 Å². The summed E-state index contributed by atoms with van der Waals surface area (Å²) in [7, 11) is 2.10. The van der Waals surface area contributed by atoms with Crippen LogP contribution in [0.3, 0.4) is 0 Å². The maximum atomic E-state index is 4.47. The smallest absolute Gasteiger partial charge is 0.0908 e. The van der Waals surface area contributed by atoms with Gasteiger partial charge in [-0.2, -0.15) is 0 Å². The Morgan fingerprint density at radius 2 is 2.08 bits per heavy atom. The van der Waals surface area contributed by atoms with E-state index in [1.165, 1.54) is 37.8 Å². The van der Waals surface area contributed by atoms with Gasteiger partial charge in [0.1, 0.15) is 0 Å². The summed E-state index contributed by atoms with van der Waals surface area (Å²) in [5.74, 6) is 0. The second-order valence-electron chi connectivity index (χ2n) is 3.77. The Labute approximate surface area is 74.0 Å². The Kier molecular flexibility index (Phi) is 2.15. The molecule has 0 saturated heterocycles. The molecule has 0 bridgehead atoms. The number of allylic oxidation sites excluding steroid dienone is 1. The summed E-state index contributed by atoms with van der Waals surface area (Å²) >= 11 is 0. The quantitative estimate of drug-likeness (QED) is 0.536. The first-order chi connectivity index (χ1) is 5.86. The molecule has 12 heavy (non-hydrogen) atoms. The van der Waals surface area contributed by atoms with Crippen LogP contribution in [0.15, 0.2) is 16.3 Å². The predicted molar refractivity (Wildman–Crippen MR) is 51.2 cm³/mol. The second kappa shape index (κ2) is 3.30. The van der Waals surface area contributed by atoms with Crippen molar-refractivity contribution >= 4 is 6.34 Å². The van der Waals surface area contributed by atoms with E-state index in [2.05, 4.69) is 16.9 Å². The fourth-order valence-corrected chi connectivity index (χ4v) is 1.96. The van der Waals surface area contributed by atoms with Crippen LogP contribution in [0.25, 0.3) is 0 Å². The van der Waals surface area contributed by atoms with E-state index in [0.717, 1.165) is 6.54 Å². The molecule has 0 fully saturated rings. The van der Waals surface area contributed by atoms with Crippen LogP contribution in [0.1, 0.15) is 32.1 Å². The fourth-order valence-electron chi connectivity index (χ4n) is 1.96. The molecule has 2 heteroatoms. The van der Waals surface area contributed by atoms with Crippen molar-refractivity contribution in [2.24, 2.45) is 4.99 Å². The van der Waals surface area contributed by atoms with Crippen LogP contribution in [-0.4, -0.2) is 24.8 Å². The lowest BCUT2D eigenvalue weighted by molar-refractivity contribution is 0.537. The number of aliphatic imine (C=N–C) groups is 1. The topological polar surface area (TPSA) is 15.6 Å². The molecular weight excluding hydrogens is 148 g/mol. The summed E-state index contributed by atoms with van der Waals surface area (Å²) in [6.07, 6.45) is 8.52. The summed E-state index contributed by atoms with van der Waals surface area (Å²) in [5, 5.41) is 0. The van der Waals surface area contributed by atoms with Crippen LogP contribution in [0.4, 0.5) is 0 Å². The molecule has 0 aromatic rings. The maximum Gasteiger partial charge on any atom is 0.0908 e. The maximum absolute atomic E-state index is 4.47. The standard InChI is InChI=1S/C10H16N2/c1-12-7-9-5-3-2-4-6-10(9)11-8-12/h8H,2-7H2,1H3. The van der Waals surface area contributed by atoms with Gasteiger partial charge in [-0.15, -0.1) is 0 Å². The number of likely N-dealkylation sites (N-methyl/N-ethyl adjacent to an activating group) is 1. The number of hydrogen-bond acceptors (Lipinski definition) is 2. The van der Waals surface area contributed by atoms with Gasteiger partial charge in [-0.1, -0.05) is 6.42 Å². The van der Waals surface area contributed by atoms with Crippen LogP contribution in [0.5, 0.6) is 0 Å². The van der Waals surface area contributed by atoms with Gasteiger partial charge in [-0.25, -0.2) is 4.99 Å². The molecule has 66 valence electrons. The molecule has 0 unspecified atom stereocenters. The molecule has 1 aliphatic heterocycles. The van der Waals surface area contributed by atoms with Crippen LogP contribution in [0.2, 0.25) is 0 Å². The van der Waals surface area contributed by atoms with E-state index in [1.54, 1.807) is 5.57 Å². The molecule has 0 saturated carbocycles. The van der Waals surface area contributed by atoms with Gasteiger partial charge in [0.05, 0.1) is 6.34 Å². The van der Waals surface area contributed by atoms with Crippen LogP contribution in [-0.2, 0) is 0 Å². The normalized spacial score (nSPS) is 23.9. The molecule has 1 heterocycles. The van der Waals surface area contributed by atoms with Gasteiger partial charge in [-0.05, 0) is 31.3 Å². The van der Waals surface area contributed by atoms with E-state index >= 15 is 0 Å². The lowest BCUT2D eigenvalue weighted by Gasteiger charge is -2.21. The molecule has 2 nitrogen and oxygen atoms in total. The first-order valence-electron chi connectivity index (χ1n) is 4.81. The highest BCUT2D eigenvalue weighted by atomic mass is 15.1. The summed E-state index contributed by atoms with van der Waals surface area (Å²) in [6, 6.07) is 0. The molecule has 1 aliphatic carbocycles. The van der Waals surface area contributed by atoms with Crippen molar-refractivity contribution in [2.75, 3.05) is 13.6 Å². The van der Waals surface area contributed by atoms with Crippen molar-refractivity contribution < 1.29 is 0 Å². The van der Waals surface area contributed by atoms with Crippen LogP contribution in [0, 0.1) is 0 Å². The van der Waals surface area contributed by atoms with Crippen LogP contribution >= 0.6 is 0 Å². The minimum atomic E-state index is 1.11. The third-order valence-corrected chi connectivity index (χ3v) is 2.65. The van der Waals surface area contributed by atoms with Gasteiger partial charge >= 0.3 is 0 Å². The molecule has 0 N–H and O–H groups in total. The Hall–Kier alpha value is -0.790. The molecule has 0 spiro atoms. The zero-order chi connectivity index (χ0) is 8.39. The average Bonchev–Trinajstić information content (AvgIpc) is 2.28. The van der Waals surface area contributed by atoms with Crippen molar-refractivity contribution in [3.63, 3.8) is 0 Å². The predicted octanol–water partition coefficient (Wildman–Crippen LogP) is 2.18. The minimum absolute atomic E-state index is 1.11. The molecular formula is C10H16N2. The van der Waals surface area contributed by atoms with Crippen LogP contribution < -0.4 is 0 Å². The van der Waals surface area contributed by atoms with Crippen molar-refractivity contribution in [3.8, 4) is 0 Å². The molecule has 2 rings (SSSR count). The van der Waals surface area contributed by atoms with Crippen molar-refractivity contribution in [3.05, 3.63) is 11.3 Å². The van der Waals surface area contributed by atoms with Crippen molar-refractivity contribution in [2.45, 2.75) is 32.1 Å². The number of hydrogen-bond donors (Lipinski definition) is 0. The van der Waals surface area contributed by atoms with E-state index in [1.807, 2.05) is 6.34 Å². The van der Waals surface area contributed by atoms with E-state index < -0.39 is 0 Å². The summed E-state index contributed by atoms with van der Waals surface area (Å²) in [6.45, 7) is 1.11. The van der Waals surface area contributed by atoms with Gasteiger partial charge in [-0.3, -0.25) is 0 Å². The number of rotatable bonds is 0. The third-order valence-electron chi connectivity index (χ3n) is 2.65. The van der Waals surface area contributed by atoms with E-state index in [4.69, 9.17) is 0 Å². The van der Waals surface area contributed by atoms with Gasteiger partial charge in [0, 0.05) is 19.3 Å². The summed E-state index contributed by atoms with van der Waals surface area (Å²) < 4.78 is 0.